The summed E-state index contributed by atoms with van der Waals surface area (Å²) in [5, 5.41) is 9.52. The lowest BCUT2D eigenvalue weighted by molar-refractivity contribution is -0.133. The van der Waals surface area contributed by atoms with E-state index in [4.69, 9.17) is 5.11 Å². The number of fused-ring (bicyclic) bond motifs is 1. The van der Waals surface area contributed by atoms with Gasteiger partial charge >= 0.3 is 5.97 Å². The number of aromatic nitrogens is 2. The van der Waals surface area contributed by atoms with Crippen LogP contribution in [0.2, 0.25) is 0 Å². The van der Waals surface area contributed by atoms with E-state index in [1.165, 1.54) is 30.3 Å². The first-order valence-electron chi connectivity index (χ1n) is 6.97. The van der Waals surface area contributed by atoms with Crippen LogP contribution in [0.5, 0.6) is 0 Å². The molecule has 1 saturated carbocycles. The van der Waals surface area contributed by atoms with Gasteiger partial charge in [-0.2, -0.15) is 0 Å². The number of carbonyl (C=O) groups is 1. The molecule has 2 aromatic rings. The minimum atomic E-state index is -0.875. The molecule has 0 amide bonds. The van der Waals surface area contributed by atoms with Crippen molar-refractivity contribution < 1.29 is 14.3 Å². The average Bonchev–Trinajstić information content (AvgIpc) is 2.72. The summed E-state index contributed by atoms with van der Waals surface area (Å²) in [5.41, 5.74) is 1.67. The van der Waals surface area contributed by atoms with E-state index >= 15 is 0 Å². The number of thioether (sulfide) groups is 1. The Kier molecular flexibility index (Phi) is 3.65. The number of benzene rings is 1. The summed E-state index contributed by atoms with van der Waals surface area (Å²) in [6.45, 7) is 2.97. The predicted octanol–water partition coefficient (Wildman–Crippen LogP) is 3.54. The number of imidazole rings is 1. The molecule has 6 heteroatoms. The number of halogens is 1. The van der Waals surface area contributed by atoms with Gasteiger partial charge in [0.05, 0.1) is 16.8 Å². The lowest BCUT2D eigenvalue weighted by atomic mass is 9.70. The van der Waals surface area contributed by atoms with Gasteiger partial charge in [0, 0.05) is 6.54 Å². The highest BCUT2D eigenvalue weighted by Gasteiger charge is 2.33. The number of carboxylic acid groups (broad SMARTS) is 1. The predicted molar refractivity (Wildman–Crippen MR) is 80.0 cm³/mol. The molecule has 0 bridgehead atoms. The summed E-state index contributed by atoms with van der Waals surface area (Å²) in [6.07, 6.45) is 3.51. The molecule has 1 fully saturated rings. The number of hydrogen-bond acceptors (Lipinski definition) is 3. The standard InChI is InChI=1S/C15H17FN2O2S/c1-15(5-2-6-15)9-18-12-7-10(16)3-4-11(12)17-14(18)21-8-13(19)20/h3-4,7H,2,5-6,8-9H2,1H3,(H,19,20). The van der Waals surface area contributed by atoms with Gasteiger partial charge in [-0.05, 0) is 36.5 Å². The average molecular weight is 308 g/mol. The Morgan fingerprint density at radius 2 is 2.29 bits per heavy atom. The zero-order valence-electron chi connectivity index (χ0n) is 11.8. The van der Waals surface area contributed by atoms with Crippen LogP contribution in [0, 0.1) is 11.2 Å². The van der Waals surface area contributed by atoms with E-state index in [1.807, 2.05) is 4.57 Å². The molecule has 4 nitrogen and oxygen atoms in total. The Bertz CT molecular complexity index is 694. The molecule has 0 aliphatic heterocycles. The molecule has 0 spiro atoms. The molecular weight excluding hydrogens is 291 g/mol. The molecule has 0 unspecified atom stereocenters. The normalized spacial score (nSPS) is 16.9. The van der Waals surface area contributed by atoms with Gasteiger partial charge in [-0.3, -0.25) is 4.79 Å². The summed E-state index contributed by atoms with van der Waals surface area (Å²) >= 11 is 1.19. The first-order valence-corrected chi connectivity index (χ1v) is 7.96. The van der Waals surface area contributed by atoms with Crippen molar-refractivity contribution in [3.8, 4) is 0 Å². The molecule has 1 aromatic carbocycles. The zero-order valence-corrected chi connectivity index (χ0v) is 12.6. The van der Waals surface area contributed by atoms with Gasteiger partial charge in [0.25, 0.3) is 0 Å². The monoisotopic (exact) mass is 308 g/mol. The van der Waals surface area contributed by atoms with Crippen molar-refractivity contribution in [2.75, 3.05) is 5.75 Å². The number of hydrogen-bond donors (Lipinski definition) is 1. The molecule has 1 N–H and O–H groups in total. The maximum Gasteiger partial charge on any atom is 0.313 e. The molecule has 1 aliphatic rings. The molecule has 1 heterocycles. The Balaban J connectivity index is 2.00. The lowest BCUT2D eigenvalue weighted by Crippen LogP contribution is -2.31. The van der Waals surface area contributed by atoms with Gasteiger partial charge in [0.15, 0.2) is 5.16 Å². The van der Waals surface area contributed by atoms with E-state index in [-0.39, 0.29) is 17.0 Å². The van der Waals surface area contributed by atoms with Crippen LogP contribution in [-0.2, 0) is 11.3 Å². The molecule has 0 saturated heterocycles. The van der Waals surface area contributed by atoms with Crippen molar-refractivity contribution in [1.29, 1.82) is 0 Å². The van der Waals surface area contributed by atoms with Gasteiger partial charge < -0.3 is 9.67 Å². The quantitative estimate of drug-likeness (QED) is 0.858. The van der Waals surface area contributed by atoms with Crippen LogP contribution in [0.4, 0.5) is 4.39 Å². The Morgan fingerprint density at radius 3 is 2.90 bits per heavy atom. The van der Waals surface area contributed by atoms with Crippen molar-refractivity contribution in [1.82, 2.24) is 9.55 Å². The van der Waals surface area contributed by atoms with Gasteiger partial charge in [-0.1, -0.05) is 25.1 Å². The van der Waals surface area contributed by atoms with Crippen molar-refractivity contribution in [2.45, 2.75) is 37.9 Å². The molecular formula is C15H17FN2O2S. The largest absolute Gasteiger partial charge is 0.481 e. The third kappa shape index (κ3) is 2.90. The summed E-state index contributed by atoms with van der Waals surface area (Å²) in [4.78, 5) is 15.3. The minimum absolute atomic E-state index is 0.0392. The van der Waals surface area contributed by atoms with Crippen LogP contribution in [-0.4, -0.2) is 26.4 Å². The molecule has 112 valence electrons. The van der Waals surface area contributed by atoms with Crippen LogP contribution >= 0.6 is 11.8 Å². The Morgan fingerprint density at radius 1 is 1.52 bits per heavy atom. The highest BCUT2D eigenvalue weighted by atomic mass is 32.2. The van der Waals surface area contributed by atoms with Gasteiger partial charge in [-0.15, -0.1) is 0 Å². The summed E-state index contributed by atoms with van der Waals surface area (Å²) in [7, 11) is 0. The topological polar surface area (TPSA) is 55.1 Å². The minimum Gasteiger partial charge on any atom is -0.481 e. The van der Waals surface area contributed by atoms with Crippen molar-refractivity contribution in [3.63, 3.8) is 0 Å². The second-order valence-electron chi connectivity index (χ2n) is 5.96. The molecule has 21 heavy (non-hydrogen) atoms. The fourth-order valence-corrected chi connectivity index (χ4v) is 3.52. The van der Waals surface area contributed by atoms with Crippen molar-refractivity contribution >= 4 is 28.8 Å². The first-order chi connectivity index (χ1) is 9.97. The van der Waals surface area contributed by atoms with Gasteiger partial charge in [0.1, 0.15) is 5.82 Å². The molecule has 1 aromatic heterocycles. The number of carboxylic acids is 1. The summed E-state index contributed by atoms with van der Waals surface area (Å²) < 4.78 is 15.5. The second-order valence-corrected chi connectivity index (χ2v) is 6.90. The Labute approximate surface area is 126 Å². The fraction of sp³-hybridized carbons (Fsp3) is 0.467. The van der Waals surface area contributed by atoms with E-state index in [0.29, 0.717) is 10.7 Å². The SMILES string of the molecule is CC1(Cn2c(SCC(=O)O)nc3ccc(F)cc32)CCC1. The summed E-state index contributed by atoms with van der Waals surface area (Å²) in [6, 6.07) is 4.51. The molecule has 1 aliphatic carbocycles. The first kappa shape index (κ1) is 14.4. The third-order valence-electron chi connectivity index (χ3n) is 4.10. The highest BCUT2D eigenvalue weighted by molar-refractivity contribution is 7.99. The maximum atomic E-state index is 13.5. The van der Waals surface area contributed by atoms with E-state index in [9.17, 15) is 9.18 Å². The van der Waals surface area contributed by atoms with E-state index in [1.54, 1.807) is 6.07 Å². The smallest absolute Gasteiger partial charge is 0.313 e. The van der Waals surface area contributed by atoms with Gasteiger partial charge in [0.2, 0.25) is 0 Å². The van der Waals surface area contributed by atoms with Crippen LogP contribution in [0.25, 0.3) is 11.0 Å². The zero-order chi connectivity index (χ0) is 15.0. The highest BCUT2D eigenvalue weighted by Crippen LogP contribution is 2.43. The Hall–Kier alpha value is -1.56. The molecule has 3 rings (SSSR count). The number of aliphatic carboxylic acids is 1. The van der Waals surface area contributed by atoms with E-state index in [0.717, 1.165) is 24.9 Å². The van der Waals surface area contributed by atoms with Crippen molar-refractivity contribution in [3.05, 3.63) is 24.0 Å². The maximum absolute atomic E-state index is 13.5. The van der Waals surface area contributed by atoms with E-state index in [2.05, 4.69) is 11.9 Å². The molecule has 0 atom stereocenters. The van der Waals surface area contributed by atoms with Crippen LogP contribution in [0.3, 0.4) is 0 Å². The third-order valence-corrected chi connectivity index (χ3v) is 5.06. The van der Waals surface area contributed by atoms with Crippen LogP contribution < -0.4 is 0 Å². The molecule has 0 radical (unpaired) electrons. The van der Waals surface area contributed by atoms with Crippen LogP contribution in [0.15, 0.2) is 23.4 Å². The second kappa shape index (κ2) is 5.33. The summed E-state index contributed by atoms with van der Waals surface area (Å²) in [5.74, 6) is -1.21. The van der Waals surface area contributed by atoms with Gasteiger partial charge in [-0.25, -0.2) is 9.37 Å². The fourth-order valence-electron chi connectivity index (χ4n) is 2.78. The lowest BCUT2D eigenvalue weighted by Gasteiger charge is -2.39. The van der Waals surface area contributed by atoms with Crippen LogP contribution in [0.1, 0.15) is 26.2 Å². The van der Waals surface area contributed by atoms with Crippen molar-refractivity contribution in [2.24, 2.45) is 5.41 Å². The number of rotatable bonds is 5. The number of nitrogens with zero attached hydrogens (tertiary/aromatic N) is 2. The van der Waals surface area contributed by atoms with E-state index < -0.39 is 5.97 Å².